The molecule has 0 aromatic carbocycles. The Hall–Kier alpha value is -0.900. The quantitative estimate of drug-likeness (QED) is 0.507. The van der Waals surface area contributed by atoms with Crippen LogP contribution < -0.4 is 5.32 Å². The zero-order valence-electron chi connectivity index (χ0n) is 8.52. The van der Waals surface area contributed by atoms with Gasteiger partial charge in [-0.05, 0) is 18.4 Å². The van der Waals surface area contributed by atoms with Gasteiger partial charge in [-0.25, -0.2) is 4.39 Å². The molecule has 4 heteroatoms. The Bertz CT molecular complexity index is 331. The van der Waals surface area contributed by atoms with Gasteiger partial charge in [0.25, 0.3) is 0 Å². The third-order valence-corrected chi connectivity index (χ3v) is 4.14. The van der Waals surface area contributed by atoms with Crippen LogP contribution in [0.5, 0.6) is 0 Å². The average Bonchev–Trinajstić information content (AvgIpc) is 2.88. The summed E-state index contributed by atoms with van der Waals surface area (Å²) in [6.45, 7) is 0.732. The number of methoxy groups -OCH3 is 1. The van der Waals surface area contributed by atoms with Crippen LogP contribution in [0.4, 0.5) is 4.39 Å². The van der Waals surface area contributed by atoms with Gasteiger partial charge < -0.3 is 10.1 Å². The van der Waals surface area contributed by atoms with Gasteiger partial charge in [-0.1, -0.05) is 12.2 Å². The predicted octanol–water partition coefficient (Wildman–Crippen LogP) is 0.517. The smallest absolute Gasteiger partial charge is 0.323 e. The van der Waals surface area contributed by atoms with E-state index in [1.54, 1.807) is 0 Å². The number of rotatable bonds is 1. The van der Waals surface area contributed by atoms with E-state index in [2.05, 4.69) is 5.32 Å². The lowest BCUT2D eigenvalue weighted by Gasteiger charge is -2.22. The fraction of sp³-hybridized carbons (Fsp3) is 0.727. The summed E-state index contributed by atoms with van der Waals surface area (Å²) >= 11 is 0. The zero-order chi connectivity index (χ0) is 10.6. The minimum Gasteiger partial charge on any atom is -0.468 e. The van der Waals surface area contributed by atoms with Crippen molar-refractivity contribution in [2.45, 2.75) is 12.2 Å². The Kier molecular flexibility index (Phi) is 1.89. The van der Waals surface area contributed by atoms with Gasteiger partial charge in [-0.2, -0.15) is 0 Å². The van der Waals surface area contributed by atoms with Crippen LogP contribution in [-0.2, 0) is 9.53 Å². The van der Waals surface area contributed by atoms with E-state index >= 15 is 0 Å². The second-order valence-corrected chi connectivity index (χ2v) is 4.63. The second-order valence-electron chi connectivity index (χ2n) is 4.63. The first kappa shape index (κ1) is 9.33. The molecule has 0 spiro atoms. The molecular weight excluding hydrogens is 197 g/mol. The highest BCUT2D eigenvalue weighted by molar-refractivity contribution is 5.77. The highest BCUT2D eigenvalue weighted by Crippen LogP contribution is 2.53. The van der Waals surface area contributed by atoms with Gasteiger partial charge in [-0.3, -0.25) is 4.79 Å². The minimum absolute atomic E-state index is 0.0159. The first-order valence-corrected chi connectivity index (χ1v) is 5.37. The minimum atomic E-state index is -0.783. The van der Waals surface area contributed by atoms with Crippen LogP contribution in [0.15, 0.2) is 12.2 Å². The summed E-state index contributed by atoms with van der Waals surface area (Å²) in [5.74, 6) is 0.0541. The molecule has 1 heterocycles. The lowest BCUT2D eigenvalue weighted by Crippen LogP contribution is -2.39. The van der Waals surface area contributed by atoms with E-state index in [9.17, 15) is 9.18 Å². The third-order valence-electron chi connectivity index (χ3n) is 4.14. The number of carbonyl (C=O) groups excluding carboxylic acids is 1. The molecule has 6 atom stereocenters. The summed E-state index contributed by atoms with van der Waals surface area (Å²) in [5.41, 5.74) is 0. The van der Waals surface area contributed by atoms with Crippen molar-refractivity contribution in [2.75, 3.05) is 13.7 Å². The van der Waals surface area contributed by atoms with Gasteiger partial charge in [0.15, 0.2) is 0 Å². The highest BCUT2D eigenvalue weighted by Gasteiger charge is 2.59. The number of hydrogen-bond donors (Lipinski definition) is 1. The maximum absolute atomic E-state index is 13.8. The molecule has 2 aliphatic carbocycles. The van der Waals surface area contributed by atoms with Crippen molar-refractivity contribution in [2.24, 2.45) is 23.7 Å². The van der Waals surface area contributed by atoms with Crippen LogP contribution in [-0.4, -0.2) is 31.8 Å². The number of alkyl halides is 1. The normalized spacial score (nSPS) is 50.8. The van der Waals surface area contributed by atoms with Crippen LogP contribution in [0, 0.1) is 23.7 Å². The molecule has 1 saturated heterocycles. The fourth-order valence-corrected chi connectivity index (χ4v) is 3.50. The van der Waals surface area contributed by atoms with Crippen molar-refractivity contribution in [1.82, 2.24) is 5.32 Å². The molecule has 0 amide bonds. The Morgan fingerprint density at radius 1 is 1.47 bits per heavy atom. The van der Waals surface area contributed by atoms with Gasteiger partial charge in [0.2, 0.25) is 0 Å². The number of ether oxygens (including phenoxy) is 1. The second kappa shape index (κ2) is 3.04. The van der Waals surface area contributed by atoms with E-state index in [0.717, 1.165) is 6.54 Å². The largest absolute Gasteiger partial charge is 0.468 e. The van der Waals surface area contributed by atoms with E-state index in [1.807, 2.05) is 12.2 Å². The topological polar surface area (TPSA) is 38.3 Å². The molecule has 1 saturated carbocycles. The summed E-state index contributed by atoms with van der Waals surface area (Å²) in [6, 6.07) is -0.307. The molecule has 1 aliphatic heterocycles. The van der Waals surface area contributed by atoms with Gasteiger partial charge >= 0.3 is 5.97 Å². The molecule has 2 fully saturated rings. The molecule has 0 radical (unpaired) electrons. The van der Waals surface area contributed by atoms with E-state index in [-0.39, 0.29) is 35.7 Å². The van der Waals surface area contributed by atoms with Crippen LogP contribution in [0.25, 0.3) is 0 Å². The Morgan fingerprint density at radius 3 is 2.93 bits per heavy atom. The first-order valence-electron chi connectivity index (χ1n) is 5.37. The number of carbonyl (C=O) groups is 1. The molecule has 1 N–H and O–H groups in total. The lowest BCUT2D eigenvalue weighted by molar-refractivity contribution is -0.144. The fourth-order valence-electron chi connectivity index (χ4n) is 3.50. The molecule has 0 aromatic rings. The van der Waals surface area contributed by atoms with Crippen molar-refractivity contribution < 1.29 is 13.9 Å². The molecule has 15 heavy (non-hydrogen) atoms. The van der Waals surface area contributed by atoms with E-state index in [4.69, 9.17) is 4.74 Å². The molecule has 82 valence electrons. The maximum atomic E-state index is 13.8. The summed E-state index contributed by atoms with van der Waals surface area (Å²) in [6.07, 6.45) is 3.12. The van der Waals surface area contributed by atoms with E-state index in [1.165, 1.54) is 7.11 Å². The summed E-state index contributed by atoms with van der Waals surface area (Å²) in [4.78, 5) is 11.5. The van der Waals surface area contributed by atoms with Crippen LogP contribution >= 0.6 is 0 Å². The van der Waals surface area contributed by atoms with Crippen LogP contribution in [0.2, 0.25) is 0 Å². The Morgan fingerprint density at radius 2 is 2.20 bits per heavy atom. The molecule has 3 aliphatic rings. The molecule has 2 bridgehead atoms. The number of fused-ring (bicyclic) bond motifs is 5. The monoisotopic (exact) mass is 211 g/mol. The Balaban J connectivity index is 1.88. The summed E-state index contributed by atoms with van der Waals surface area (Å²) in [5, 5.41) is 3.15. The summed E-state index contributed by atoms with van der Waals surface area (Å²) < 4.78 is 18.5. The molecular formula is C11H14FNO2. The van der Waals surface area contributed by atoms with Crippen molar-refractivity contribution in [3.05, 3.63) is 12.2 Å². The number of nitrogens with one attached hydrogen (secondary N) is 1. The number of esters is 1. The van der Waals surface area contributed by atoms with E-state index in [0.29, 0.717) is 0 Å². The van der Waals surface area contributed by atoms with Crippen molar-refractivity contribution in [3.8, 4) is 0 Å². The molecule has 0 unspecified atom stereocenters. The van der Waals surface area contributed by atoms with Crippen molar-refractivity contribution in [1.29, 1.82) is 0 Å². The van der Waals surface area contributed by atoms with Crippen LogP contribution in [0.1, 0.15) is 0 Å². The van der Waals surface area contributed by atoms with Crippen LogP contribution in [0.3, 0.4) is 0 Å². The number of halogens is 1. The summed E-state index contributed by atoms with van der Waals surface area (Å²) in [7, 11) is 1.38. The Labute approximate surface area is 87.7 Å². The van der Waals surface area contributed by atoms with Gasteiger partial charge in [-0.15, -0.1) is 0 Å². The van der Waals surface area contributed by atoms with Gasteiger partial charge in [0.1, 0.15) is 12.2 Å². The maximum Gasteiger partial charge on any atom is 0.323 e. The zero-order valence-corrected chi connectivity index (χ0v) is 8.52. The molecule has 3 rings (SSSR count). The average molecular weight is 211 g/mol. The third kappa shape index (κ3) is 1.06. The van der Waals surface area contributed by atoms with E-state index < -0.39 is 6.17 Å². The predicted molar refractivity (Wildman–Crippen MR) is 51.8 cm³/mol. The van der Waals surface area contributed by atoms with Crippen molar-refractivity contribution in [3.63, 3.8) is 0 Å². The van der Waals surface area contributed by atoms with Gasteiger partial charge in [0, 0.05) is 11.8 Å². The van der Waals surface area contributed by atoms with Gasteiger partial charge in [0.05, 0.1) is 7.11 Å². The van der Waals surface area contributed by atoms with Crippen molar-refractivity contribution >= 4 is 5.97 Å². The lowest BCUT2D eigenvalue weighted by atomic mass is 9.82. The highest BCUT2D eigenvalue weighted by atomic mass is 19.1. The molecule has 3 nitrogen and oxygen atoms in total. The SMILES string of the molecule is COC(=O)[C@H]1NC[C@@H]2[C@@H]3C=C[C@@H]([C@H]3F)[C@@H]21. The molecule has 0 aromatic heterocycles. The number of allylic oxidation sites excluding steroid dienone is 2. The standard InChI is InChI=1S/C11H14FNO2/c1-15-11(14)10-8-6-3-2-5(9(6)12)7(8)4-13-10/h2-3,5-10,13H,4H2,1H3/t5-,6+,7+,8-,9-,10-/m0/s1. The first-order chi connectivity index (χ1) is 7.24. The number of hydrogen-bond acceptors (Lipinski definition) is 3.